The smallest absolute Gasteiger partial charge is 0.325 e. The van der Waals surface area contributed by atoms with E-state index in [0.717, 1.165) is 5.56 Å². The Balaban J connectivity index is 2.28. The molecule has 19 heavy (non-hydrogen) atoms. The quantitative estimate of drug-likeness (QED) is 0.832. The predicted octanol–water partition coefficient (Wildman–Crippen LogP) is 1.91. The minimum absolute atomic E-state index is 0.0107. The summed E-state index contributed by atoms with van der Waals surface area (Å²) < 4.78 is 4.83. The van der Waals surface area contributed by atoms with E-state index >= 15 is 0 Å². The Labute approximate surface area is 117 Å². The number of methoxy groups -OCH3 is 1. The molecule has 0 amide bonds. The maximum Gasteiger partial charge on any atom is 0.325 e. The van der Waals surface area contributed by atoms with E-state index in [1.807, 2.05) is 18.2 Å². The second-order valence-electron chi connectivity index (χ2n) is 5.15. The van der Waals surface area contributed by atoms with E-state index in [1.54, 1.807) is 13.0 Å². The molecule has 0 saturated carbocycles. The molecule has 4 nitrogen and oxygen atoms in total. The average molecular weight is 284 g/mol. The number of halogens is 1. The fourth-order valence-electron chi connectivity index (χ4n) is 2.76. The molecule has 1 heterocycles. The molecule has 104 valence electrons. The summed E-state index contributed by atoms with van der Waals surface area (Å²) in [5, 5.41) is 13.4. The molecule has 0 bridgehead atoms. The van der Waals surface area contributed by atoms with Crippen LogP contribution in [0, 0.1) is 5.92 Å². The molecule has 0 radical (unpaired) electrons. The molecule has 1 aliphatic heterocycles. The van der Waals surface area contributed by atoms with Crippen molar-refractivity contribution in [3.05, 3.63) is 34.9 Å². The number of hydrogen-bond acceptors (Lipinski definition) is 4. The molecule has 2 rings (SSSR count). The third-order valence-corrected chi connectivity index (χ3v) is 3.93. The zero-order valence-corrected chi connectivity index (χ0v) is 11.8. The summed E-state index contributed by atoms with van der Waals surface area (Å²) in [6.07, 6.45) is 0.535. The minimum atomic E-state index is -0.769. The van der Waals surface area contributed by atoms with E-state index in [0.29, 0.717) is 11.4 Å². The number of aliphatic hydroxyl groups excluding tert-OH is 1. The van der Waals surface area contributed by atoms with Gasteiger partial charge in [-0.2, -0.15) is 0 Å². The van der Waals surface area contributed by atoms with Gasteiger partial charge in [0.15, 0.2) is 0 Å². The minimum Gasteiger partial charge on any atom is -0.468 e. The summed E-state index contributed by atoms with van der Waals surface area (Å²) in [6, 6.07) is 7.35. The van der Waals surface area contributed by atoms with Crippen LogP contribution in [0.2, 0.25) is 5.02 Å². The Hall–Kier alpha value is -1.10. The lowest BCUT2D eigenvalue weighted by Gasteiger charge is -2.23. The second-order valence-corrected chi connectivity index (χ2v) is 5.58. The summed E-state index contributed by atoms with van der Waals surface area (Å²) in [7, 11) is 1.37. The molecule has 0 spiro atoms. The van der Waals surface area contributed by atoms with Gasteiger partial charge in [-0.1, -0.05) is 23.7 Å². The zero-order chi connectivity index (χ0) is 14.0. The maximum absolute atomic E-state index is 11.8. The van der Waals surface area contributed by atoms with E-state index < -0.39 is 5.54 Å². The van der Waals surface area contributed by atoms with Gasteiger partial charge in [0.05, 0.1) is 7.11 Å². The maximum atomic E-state index is 11.8. The molecule has 1 fully saturated rings. The number of carbonyl (C=O) groups is 1. The van der Waals surface area contributed by atoms with Gasteiger partial charge in [-0.25, -0.2) is 0 Å². The van der Waals surface area contributed by atoms with E-state index in [1.165, 1.54) is 7.11 Å². The molecule has 0 aliphatic carbocycles. The highest BCUT2D eigenvalue weighted by molar-refractivity contribution is 6.30. The largest absolute Gasteiger partial charge is 0.468 e. The van der Waals surface area contributed by atoms with Crippen molar-refractivity contribution in [3.8, 4) is 0 Å². The number of rotatable bonds is 3. The van der Waals surface area contributed by atoms with Crippen LogP contribution in [-0.2, 0) is 9.53 Å². The molecule has 5 heteroatoms. The highest BCUT2D eigenvalue weighted by Gasteiger charge is 2.47. The standard InChI is InChI=1S/C14H18ClNO3/c1-14(13(18)19-2)7-10(8-17)12(16-14)9-4-3-5-11(15)6-9/h3-6,10,12,16-17H,7-8H2,1-2H3/t10-,12+,14-/m0/s1. The molecule has 2 N–H and O–H groups in total. The van der Waals surface area contributed by atoms with Gasteiger partial charge in [-0.3, -0.25) is 10.1 Å². The summed E-state index contributed by atoms with van der Waals surface area (Å²) >= 11 is 5.99. The first-order valence-electron chi connectivity index (χ1n) is 6.22. The molecular formula is C14H18ClNO3. The summed E-state index contributed by atoms with van der Waals surface area (Å²) in [4.78, 5) is 11.8. The van der Waals surface area contributed by atoms with Crippen molar-refractivity contribution < 1.29 is 14.6 Å². The molecule has 3 atom stereocenters. The lowest BCUT2D eigenvalue weighted by molar-refractivity contribution is -0.147. The average Bonchev–Trinajstić information content (AvgIpc) is 2.76. The van der Waals surface area contributed by atoms with Gasteiger partial charge in [-0.05, 0) is 31.0 Å². The molecule has 0 unspecified atom stereocenters. The molecule has 1 aromatic carbocycles. The van der Waals surface area contributed by atoms with Crippen molar-refractivity contribution in [2.75, 3.05) is 13.7 Å². The van der Waals surface area contributed by atoms with Gasteiger partial charge in [0.1, 0.15) is 5.54 Å². The lowest BCUT2D eigenvalue weighted by atomic mass is 9.91. The van der Waals surface area contributed by atoms with Gasteiger partial charge in [0.25, 0.3) is 0 Å². The van der Waals surface area contributed by atoms with Crippen LogP contribution < -0.4 is 5.32 Å². The van der Waals surface area contributed by atoms with E-state index in [9.17, 15) is 9.90 Å². The third kappa shape index (κ3) is 2.76. The molecule has 1 saturated heterocycles. The van der Waals surface area contributed by atoms with Crippen molar-refractivity contribution >= 4 is 17.6 Å². The van der Waals surface area contributed by atoms with E-state index in [-0.39, 0.29) is 24.5 Å². The van der Waals surface area contributed by atoms with Gasteiger partial charge in [-0.15, -0.1) is 0 Å². The number of carbonyl (C=O) groups excluding carboxylic acids is 1. The first kappa shape index (κ1) is 14.3. The van der Waals surface area contributed by atoms with E-state index in [4.69, 9.17) is 16.3 Å². The number of aliphatic hydroxyl groups is 1. The first-order valence-corrected chi connectivity index (χ1v) is 6.60. The highest BCUT2D eigenvalue weighted by Crippen LogP contribution is 2.38. The third-order valence-electron chi connectivity index (χ3n) is 3.69. The highest BCUT2D eigenvalue weighted by atomic mass is 35.5. The Kier molecular flexibility index (Phi) is 4.13. The topological polar surface area (TPSA) is 58.6 Å². The number of esters is 1. The normalized spacial score (nSPS) is 30.3. The van der Waals surface area contributed by atoms with Crippen LogP contribution in [0.15, 0.2) is 24.3 Å². The van der Waals surface area contributed by atoms with Crippen molar-refractivity contribution in [2.45, 2.75) is 24.9 Å². The fourth-order valence-corrected chi connectivity index (χ4v) is 2.95. The van der Waals surface area contributed by atoms with Crippen LogP contribution >= 0.6 is 11.6 Å². The molecular weight excluding hydrogens is 266 g/mol. The van der Waals surface area contributed by atoms with Crippen LogP contribution in [-0.4, -0.2) is 30.3 Å². The van der Waals surface area contributed by atoms with Crippen LogP contribution in [0.25, 0.3) is 0 Å². The van der Waals surface area contributed by atoms with Crippen molar-refractivity contribution in [1.82, 2.24) is 5.32 Å². The Morgan fingerprint density at radius 2 is 2.37 bits per heavy atom. The van der Waals surface area contributed by atoms with E-state index in [2.05, 4.69) is 5.32 Å². The SMILES string of the molecule is COC(=O)[C@]1(C)C[C@@H](CO)[C@@H](c2cccc(Cl)c2)N1. The second kappa shape index (κ2) is 5.49. The predicted molar refractivity (Wildman–Crippen MR) is 72.9 cm³/mol. The Bertz CT molecular complexity index is 480. The zero-order valence-electron chi connectivity index (χ0n) is 11.0. The van der Waals surface area contributed by atoms with Crippen molar-refractivity contribution in [2.24, 2.45) is 5.92 Å². The number of nitrogens with one attached hydrogen (secondary N) is 1. The summed E-state index contributed by atoms with van der Waals surface area (Å²) in [5.74, 6) is -0.349. The number of ether oxygens (including phenoxy) is 1. The molecule has 0 aromatic heterocycles. The number of benzene rings is 1. The Morgan fingerprint density at radius 3 is 2.95 bits per heavy atom. The first-order chi connectivity index (χ1) is 9.00. The van der Waals surface area contributed by atoms with Crippen molar-refractivity contribution in [1.29, 1.82) is 0 Å². The van der Waals surface area contributed by atoms with Crippen LogP contribution in [0.5, 0.6) is 0 Å². The van der Waals surface area contributed by atoms with Gasteiger partial charge < -0.3 is 9.84 Å². The number of hydrogen-bond donors (Lipinski definition) is 2. The van der Waals surface area contributed by atoms with Crippen LogP contribution in [0.4, 0.5) is 0 Å². The van der Waals surface area contributed by atoms with Gasteiger partial charge in [0, 0.05) is 23.6 Å². The van der Waals surface area contributed by atoms with Gasteiger partial charge >= 0.3 is 5.97 Å². The summed E-state index contributed by atoms with van der Waals surface area (Å²) in [5.41, 5.74) is 0.203. The summed E-state index contributed by atoms with van der Waals surface area (Å²) in [6.45, 7) is 1.81. The van der Waals surface area contributed by atoms with Crippen LogP contribution in [0.3, 0.4) is 0 Å². The molecule has 1 aromatic rings. The molecule has 1 aliphatic rings. The van der Waals surface area contributed by atoms with Crippen molar-refractivity contribution in [3.63, 3.8) is 0 Å². The monoisotopic (exact) mass is 283 g/mol. The lowest BCUT2D eigenvalue weighted by Crippen LogP contribution is -2.45. The Morgan fingerprint density at radius 1 is 1.63 bits per heavy atom. The fraction of sp³-hybridized carbons (Fsp3) is 0.500. The van der Waals surface area contributed by atoms with Crippen LogP contribution in [0.1, 0.15) is 24.9 Å². The van der Waals surface area contributed by atoms with Gasteiger partial charge in [0.2, 0.25) is 0 Å².